The predicted octanol–water partition coefficient (Wildman–Crippen LogP) is 3.62. The quantitative estimate of drug-likeness (QED) is 0.627. The summed E-state index contributed by atoms with van der Waals surface area (Å²) in [5, 5.41) is 7.13. The summed E-state index contributed by atoms with van der Waals surface area (Å²) >= 11 is 5.21. The van der Waals surface area contributed by atoms with E-state index in [9.17, 15) is 0 Å². The van der Waals surface area contributed by atoms with Crippen molar-refractivity contribution in [2.45, 2.75) is 32.7 Å². The van der Waals surface area contributed by atoms with Gasteiger partial charge in [-0.25, -0.2) is 0 Å². The second-order valence-electron chi connectivity index (χ2n) is 5.00. The van der Waals surface area contributed by atoms with Gasteiger partial charge in [-0.3, -0.25) is 5.10 Å². The molecule has 1 heterocycles. The van der Waals surface area contributed by atoms with Crippen molar-refractivity contribution in [1.29, 1.82) is 0 Å². The number of hydrogen-bond acceptors (Lipinski definition) is 3. The molecule has 0 bridgehead atoms. The number of nitrogens with one attached hydrogen (secondary N) is 1. The summed E-state index contributed by atoms with van der Waals surface area (Å²) in [4.78, 5) is 0. The fourth-order valence-electron chi connectivity index (χ4n) is 2.41. The van der Waals surface area contributed by atoms with Gasteiger partial charge >= 0.3 is 0 Å². The van der Waals surface area contributed by atoms with E-state index >= 15 is 0 Å². The van der Waals surface area contributed by atoms with Crippen molar-refractivity contribution in [2.75, 3.05) is 7.11 Å². The number of ether oxygens (including phenoxy) is 1. The minimum absolute atomic E-state index is 0.658. The van der Waals surface area contributed by atoms with Crippen molar-refractivity contribution < 1.29 is 4.74 Å². The Balaban J connectivity index is 1.97. The summed E-state index contributed by atoms with van der Waals surface area (Å²) in [6.45, 7) is 6.52. The van der Waals surface area contributed by atoms with Crippen LogP contribution in [0.15, 0.2) is 30.9 Å². The number of aromatic nitrogens is 3. The SMILES string of the molecule is C=CCn1c(CCCc2ccc(OC)c(C)c2)n[nH]c1=S. The fourth-order valence-corrected chi connectivity index (χ4v) is 2.63. The third kappa shape index (κ3) is 3.82. The molecular formula is C16H21N3OS. The Morgan fingerprint density at radius 3 is 2.90 bits per heavy atom. The molecule has 1 aromatic carbocycles. The molecular weight excluding hydrogens is 282 g/mol. The van der Waals surface area contributed by atoms with Crippen molar-refractivity contribution in [3.8, 4) is 5.75 Å². The van der Waals surface area contributed by atoms with Crippen molar-refractivity contribution in [2.24, 2.45) is 0 Å². The summed E-state index contributed by atoms with van der Waals surface area (Å²) in [6, 6.07) is 6.32. The Labute approximate surface area is 130 Å². The van der Waals surface area contributed by atoms with Gasteiger partial charge < -0.3 is 9.30 Å². The number of rotatable bonds is 7. The van der Waals surface area contributed by atoms with E-state index in [0.717, 1.165) is 30.8 Å². The van der Waals surface area contributed by atoms with E-state index in [0.29, 0.717) is 11.3 Å². The molecule has 0 saturated heterocycles. The highest BCUT2D eigenvalue weighted by Gasteiger charge is 2.05. The smallest absolute Gasteiger partial charge is 0.195 e. The van der Waals surface area contributed by atoms with Gasteiger partial charge in [-0.2, -0.15) is 5.10 Å². The highest BCUT2D eigenvalue weighted by Crippen LogP contribution is 2.19. The third-order valence-corrected chi connectivity index (χ3v) is 3.79. The molecule has 1 N–H and O–H groups in total. The first kappa shape index (κ1) is 15.5. The molecule has 2 rings (SSSR count). The van der Waals surface area contributed by atoms with Crippen LogP contribution in [0.2, 0.25) is 0 Å². The van der Waals surface area contributed by atoms with Gasteiger partial charge in [0.15, 0.2) is 4.77 Å². The summed E-state index contributed by atoms with van der Waals surface area (Å²) in [5.74, 6) is 1.93. The average Bonchev–Trinajstić information content (AvgIpc) is 2.81. The van der Waals surface area contributed by atoms with Crippen LogP contribution in [0.4, 0.5) is 0 Å². The Bertz CT molecular complexity index is 672. The molecule has 0 atom stereocenters. The number of benzene rings is 1. The van der Waals surface area contributed by atoms with Gasteiger partial charge in [-0.1, -0.05) is 18.2 Å². The molecule has 1 aromatic heterocycles. The molecule has 0 fully saturated rings. The molecule has 0 amide bonds. The average molecular weight is 303 g/mol. The van der Waals surface area contributed by atoms with E-state index in [1.54, 1.807) is 7.11 Å². The van der Waals surface area contributed by atoms with Crippen molar-refractivity contribution >= 4 is 12.2 Å². The summed E-state index contributed by atoms with van der Waals surface area (Å²) in [6.07, 6.45) is 4.77. The van der Waals surface area contributed by atoms with Crippen molar-refractivity contribution in [3.63, 3.8) is 0 Å². The Morgan fingerprint density at radius 1 is 1.43 bits per heavy atom. The van der Waals surface area contributed by atoms with Crippen LogP contribution in [-0.4, -0.2) is 21.9 Å². The number of H-pyrrole nitrogens is 1. The molecule has 0 aliphatic carbocycles. The molecule has 21 heavy (non-hydrogen) atoms. The van der Waals surface area contributed by atoms with Crippen LogP contribution in [0, 0.1) is 11.7 Å². The number of allylic oxidation sites excluding steroid dienone is 1. The Morgan fingerprint density at radius 2 is 2.24 bits per heavy atom. The van der Waals surface area contributed by atoms with E-state index in [4.69, 9.17) is 17.0 Å². The zero-order valence-corrected chi connectivity index (χ0v) is 13.4. The van der Waals surface area contributed by atoms with Gasteiger partial charge in [0.1, 0.15) is 11.6 Å². The van der Waals surface area contributed by atoms with E-state index in [-0.39, 0.29) is 0 Å². The minimum Gasteiger partial charge on any atom is -0.496 e. The molecule has 0 saturated carbocycles. The highest BCUT2D eigenvalue weighted by atomic mass is 32.1. The second-order valence-corrected chi connectivity index (χ2v) is 5.39. The molecule has 2 aromatic rings. The molecule has 0 aliphatic rings. The number of aryl methyl sites for hydroxylation is 3. The molecule has 4 nitrogen and oxygen atoms in total. The molecule has 0 aliphatic heterocycles. The summed E-state index contributed by atoms with van der Waals surface area (Å²) in [7, 11) is 1.70. The maximum Gasteiger partial charge on any atom is 0.195 e. The maximum atomic E-state index is 5.28. The van der Waals surface area contributed by atoms with E-state index < -0.39 is 0 Å². The summed E-state index contributed by atoms with van der Waals surface area (Å²) < 4.78 is 7.93. The van der Waals surface area contributed by atoms with E-state index in [1.807, 2.05) is 16.7 Å². The lowest BCUT2D eigenvalue weighted by atomic mass is 10.0. The lowest BCUT2D eigenvalue weighted by Gasteiger charge is -2.07. The van der Waals surface area contributed by atoms with Crippen LogP contribution in [-0.2, 0) is 19.4 Å². The largest absolute Gasteiger partial charge is 0.496 e. The zero-order chi connectivity index (χ0) is 15.2. The third-order valence-electron chi connectivity index (χ3n) is 3.47. The van der Waals surface area contributed by atoms with Crippen LogP contribution in [0.25, 0.3) is 0 Å². The monoisotopic (exact) mass is 303 g/mol. The van der Waals surface area contributed by atoms with Gasteiger partial charge in [-0.05, 0) is 49.2 Å². The van der Waals surface area contributed by atoms with Crippen LogP contribution in [0.1, 0.15) is 23.4 Å². The molecule has 0 spiro atoms. The Kier molecular flexibility index (Phi) is 5.33. The number of methoxy groups -OCH3 is 1. The molecule has 5 heteroatoms. The molecule has 0 unspecified atom stereocenters. The normalized spacial score (nSPS) is 10.6. The van der Waals surface area contributed by atoms with Gasteiger partial charge in [0.25, 0.3) is 0 Å². The van der Waals surface area contributed by atoms with Crippen LogP contribution < -0.4 is 4.74 Å². The van der Waals surface area contributed by atoms with Gasteiger partial charge in [0.05, 0.1) is 7.11 Å². The van der Waals surface area contributed by atoms with Gasteiger partial charge in [-0.15, -0.1) is 6.58 Å². The zero-order valence-electron chi connectivity index (χ0n) is 12.6. The standard InChI is InChI=1S/C16H21N3OS/c1-4-10-19-15(17-18-16(19)21)7-5-6-13-8-9-14(20-3)12(2)11-13/h4,8-9,11H,1,5-7,10H2,2-3H3,(H,18,21). The molecule has 0 radical (unpaired) electrons. The van der Waals surface area contributed by atoms with Crippen LogP contribution in [0.5, 0.6) is 5.75 Å². The van der Waals surface area contributed by atoms with Gasteiger partial charge in [0.2, 0.25) is 0 Å². The number of hydrogen-bond donors (Lipinski definition) is 1. The predicted molar refractivity (Wildman–Crippen MR) is 87.4 cm³/mol. The lowest BCUT2D eigenvalue weighted by Crippen LogP contribution is -2.03. The van der Waals surface area contributed by atoms with E-state index in [2.05, 4.69) is 35.8 Å². The maximum absolute atomic E-state index is 5.28. The topological polar surface area (TPSA) is 42.8 Å². The summed E-state index contributed by atoms with van der Waals surface area (Å²) in [5.41, 5.74) is 2.49. The minimum atomic E-state index is 0.658. The number of nitrogens with zero attached hydrogens (tertiary/aromatic N) is 2. The van der Waals surface area contributed by atoms with Crippen LogP contribution in [0.3, 0.4) is 0 Å². The fraction of sp³-hybridized carbons (Fsp3) is 0.375. The Hall–Kier alpha value is -1.88. The number of aromatic amines is 1. The van der Waals surface area contributed by atoms with Gasteiger partial charge in [0, 0.05) is 13.0 Å². The van der Waals surface area contributed by atoms with Crippen LogP contribution >= 0.6 is 12.2 Å². The first-order valence-corrected chi connectivity index (χ1v) is 7.45. The first-order chi connectivity index (χ1) is 10.2. The lowest BCUT2D eigenvalue weighted by molar-refractivity contribution is 0.411. The highest BCUT2D eigenvalue weighted by molar-refractivity contribution is 7.71. The first-order valence-electron chi connectivity index (χ1n) is 7.04. The molecule has 112 valence electrons. The second kappa shape index (κ2) is 7.22. The van der Waals surface area contributed by atoms with Crippen molar-refractivity contribution in [1.82, 2.24) is 14.8 Å². The van der Waals surface area contributed by atoms with E-state index in [1.165, 1.54) is 11.1 Å². The van der Waals surface area contributed by atoms with Crippen molar-refractivity contribution in [3.05, 3.63) is 52.6 Å².